The predicted octanol–water partition coefficient (Wildman–Crippen LogP) is 2.31. The third-order valence-corrected chi connectivity index (χ3v) is 3.88. The molecule has 2 rings (SSSR count). The Bertz CT molecular complexity index is 430. The molecule has 1 aliphatic rings. The second kappa shape index (κ2) is 5.74. The highest BCUT2D eigenvalue weighted by atomic mass is 35.5. The van der Waals surface area contributed by atoms with Crippen molar-refractivity contribution >= 4 is 17.5 Å². The van der Waals surface area contributed by atoms with Crippen molar-refractivity contribution in [2.45, 2.75) is 45.7 Å². The summed E-state index contributed by atoms with van der Waals surface area (Å²) >= 11 is 5.92. The highest BCUT2D eigenvalue weighted by molar-refractivity contribution is 6.18. The van der Waals surface area contributed by atoms with E-state index in [4.69, 9.17) is 11.6 Å². The van der Waals surface area contributed by atoms with Crippen molar-refractivity contribution in [3.63, 3.8) is 0 Å². The number of nitrogens with zero attached hydrogens (tertiary/aromatic N) is 3. The highest BCUT2D eigenvalue weighted by Crippen LogP contribution is 2.21. The fraction of sp³-hybridized carbons (Fsp3) is 0.692. The number of aromatic nitrogens is 2. The number of hydrogen-bond acceptors (Lipinski definition) is 2. The van der Waals surface area contributed by atoms with Crippen LogP contribution in [0.25, 0.3) is 0 Å². The zero-order chi connectivity index (χ0) is 13.1. The molecule has 1 aliphatic heterocycles. The molecule has 5 heteroatoms. The van der Waals surface area contributed by atoms with E-state index in [1.807, 2.05) is 24.8 Å². The molecule has 1 aromatic rings. The molecule has 0 saturated carbocycles. The van der Waals surface area contributed by atoms with E-state index < -0.39 is 0 Å². The summed E-state index contributed by atoms with van der Waals surface area (Å²) in [6.07, 6.45) is 2.91. The van der Waals surface area contributed by atoms with Crippen molar-refractivity contribution in [2.24, 2.45) is 0 Å². The molecule has 0 aliphatic carbocycles. The number of likely N-dealkylation sites (tertiary alicyclic amines) is 1. The van der Waals surface area contributed by atoms with E-state index in [1.54, 1.807) is 4.68 Å². The Morgan fingerprint density at radius 1 is 1.56 bits per heavy atom. The summed E-state index contributed by atoms with van der Waals surface area (Å²) in [4.78, 5) is 14.4. The third kappa shape index (κ3) is 2.39. The monoisotopic (exact) mass is 269 g/mol. The molecule has 1 unspecified atom stereocenters. The predicted molar refractivity (Wildman–Crippen MR) is 72.1 cm³/mol. The van der Waals surface area contributed by atoms with E-state index in [0.717, 1.165) is 38.0 Å². The van der Waals surface area contributed by atoms with Gasteiger partial charge in [0, 0.05) is 25.0 Å². The van der Waals surface area contributed by atoms with Crippen molar-refractivity contribution in [3.8, 4) is 0 Å². The Morgan fingerprint density at radius 3 is 2.94 bits per heavy atom. The van der Waals surface area contributed by atoms with E-state index in [1.165, 1.54) is 0 Å². The maximum absolute atomic E-state index is 12.5. The average molecular weight is 270 g/mol. The molecule has 0 bridgehead atoms. The molecular weight excluding hydrogens is 250 g/mol. The van der Waals surface area contributed by atoms with Crippen LogP contribution in [0.15, 0.2) is 6.07 Å². The van der Waals surface area contributed by atoms with Crippen LogP contribution in [0, 0.1) is 0 Å². The van der Waals surface area contributed by atoms with E-state index in [-0.39, 0.29) is 11.9 Å². The largest absolute Gasteiger partial charge is 0.333 e. The number of hydrogen-bond donors (Lipinski definition) is 0. The fourth-order valence-electron chi connectivity index (χ4n) is 2.47. The van der Waals surface area contributed by atoms with Gasteiger partial charge in [-0.05, 0) is 32.3 Å². The van der Waals surface area contributed by atoms with Crippen molar-refractivity contribution < 1.29 is 4.79 Å². The van der Waals surface area contributed by atoms with Crippen molar-refractivity contribution in [1.82, 2.24) is 14.7 Å². The minimum Gasteiger partial charge on any atom is -0.333 e. The summed E-state index contributed by atoms with van der Waals surface area (Å²) < 4.78 is 1.80. The number of alkyl halides is 1. The standard InChI is InChI=1S/C13H20ClN3O/c1-3-10-8-12(17(4-2)15-10)13(18)16-7-5-6-11(16)9-14/h8,11H,3-7,9H2,1-2H3. The molecule has 0 spiro atoms. The van der Waals surface area contributed by atoms with Gasteiger partial charge in [-0.2, -0.15) is 5.10 Å². The summed E-state index contributed by atoms with van der Waals surface area (Å²) in [7, 11) is 0. The van der Waals surface area contributed by atoms with Crippen molar-refractivity contribution in [3.05, 3.63) is 17.5 Å². The first kappa shape index (κ1) is 13.4. The Labute approximate surface area is 113 Å². The number of aryl methyl sites for hydroxylation is 2. The molecule has 0 aromatic carbocycles. The quantitative estimate of drug-likeness (QED) is 0.787. The average Bonchev–Trinajstić information content (AvgIpc) is 3.03. The topological polar surface area (TPSA) is 38.1 Å². The van der Waals surface area contributed by atoms with Gasteiger partial charge in [0.15, 0.2) is 0 Å². The van der Waals surface area contributed by atoms with Gasteiger partial charge in [-0.1, -0.05) is 6.92 Å². The molecule has 1 aromatic heterocycles. The SMILES string of the molecule is CCc1cc(C(=O)N2CCCC2CCl)n(CC)n1. The molecule has 0 radical (unpaired) electrons. The van der Waals surface area contributed by atoms with Crippen molar-refractivity contribution in [1.29, 1.82) is 0 Å². The van der Waals surface area contributed by atoms with Gasteiger partial charge in [0.25, 0.3) is 5.91 Å². The fourth-order valence-corrected chi connectivity index (χ4v) is 2.79. The van der Waals surface area contributed by atoms with Crippen LogP contribution in [-0.4, -0.2) is 39.1 Å². The third-order valence-electron chi connectivity index (χ3n) is 3.53. The van der Waals surface area contributed by atoms with Crippen LogP contribution < -0.4 is 0 Å². The Hall–Kier alpha value is -1.03. The first-order valence-corrected chi connectivity index (χ1v) is 7.18. The summed E-state index contributed by atoms with van der Waals surface area (Å²) in [6, 6.07) is 2.10. The normalized spacial score (nSPS) is 19.5. The van der Waals surface area contributed by atoms with Crippen LogP contribution in [0.1, 0.15) is 42.9 Å². The zero-order valence-corrected chi connectivity index (χ0v) is 11.8. The zero-order valence-electron chi connectivity index (χ0n) is 11.0. The maximum Gasteiger partial charge on any atom is 0.272 e. The van der Waals surface area contributed by atoms with Gasteiger partial charge in [0.05, 0.1) is 5.69 Å². The van der Waals surface area contributed by atoms with Gasteiger partial charge in [0.1, 0.15) is 5.69 Å². The molecular formula is C13H20ClN3O. The second-order valence-corrected chi connectivity index (χ2v) is 4.95. The van der Waals surface area contributed by atoms with Gasteiger partial charge in [-0.15, -0.1) is 11.6 Å². The minimum atomic E-state index is 0.0761. The molecule has 1 atom stereocenters. The van der Waals surface area contributed by atoms with Gasteiger partial charge >= 0.3 is 0 Å². The smallest absolute Gasteiger partial charge is 0.272 e. The number of amides is 1. The lowest BCUT2D eigenvalue weighted by Crippen LogP contribution is -2.37. The molecule has 4 nitrogen and oxygen atoms in total. The first-order chi connectivity index (χ1) is 8.71. The van der Waals surface area contributed by atoms with Crippen molar-refractivity contribution in [2.75, 3.05) is 12.4 Å². The summed E-state index contributed by atoms with van der Waals surface area (Å²) in [5.74, 6) is 0.597. The highest BCUT2D eigenvalue weighted by Gasteiger charge is 2.30. The summed E-state index contributed by atoms with van der Waals surface area (Å²) in [6.45, 7) is 5.59. The minimum absolute atomic E-state index is 0.0761. The summed E-state index contributed by atoms with van der Waals surface area (Å²) in [5.41, 5.74) is 1.67. The van der Waals surface area contributed by atoms with Crippen LogP contribution in [0.4, 0.5) is 0 Å². The van der Waals surface area contributed by atoms with E-state index in [0.29, 0.717) is 11.6 Å². The van der Waals surface area contributed by atoms with E-state index in [9.17, 15) is 4.79 Å². The maximum atomic E-state index is 12.5. The lowest BCUT2D eigenvalue weighted by Gasteiger charge is -2.22. The number of rotatable bonds is 4. The Morgan fingerprint density at radius 2 is 2.33 bits per heavy atom. The first-order valence-electron chi connectivity index (χ1n) is 6.64. The van der Waals surface area contributed by atoms with Gasteiger partial charge in [-0.25, -0.2) is 0 Å². The Balaban J connectivity index is 2.24. The van der Waals surface area contributed by atoms with Crippen LogP contribution in [0.5, 0.6) is 0 Å². The molecule has 1 saturated heterocycles. The Kier molecular flexibility index (Phi) is 4.27. The van der Waals surface area contributed by atoms with Gasteiger partial charge in [0.2, 0.25) is 0 Å². The van der Waals surface area contributed by atoms with Crippen LogP contribution in [0.3, 0.4) is 0 Å². The number of carbonyl (C=O) groups is 1. The van der Waals surface area contributed by atoms with Crippen LogP contribution >= 0.6 is 11.6 Å². The molecule has 2 heterocycles. The van der Waals surface area contributed by atoms with E-state index >= 15 is 0 Å². The second-order valence-electron chi connectivity index (χ2n) is 4.64. The van der Waals surface area contributed by atoms with Crippen LogP contribution in [-0.2, 0) is 13.0 Å². The lowest BCUT2D eigenvalue weighted by molar-refractivity contribution is 0.0736. The molecule has 18 heavy (non-hydrogen) atoms. The summed E-state index contributed by atoms with van der Waals surface area (Å²) in [5, 5.41) is 4.43. The molecule has 1 fully saturated rings. The van der Waals surface area contributed by atoms with Gasteiger partial charge < -0.3 is 4.90 Å². The molecule has 0 N–H and O–H groups in total. The lowest BCUT2D eigenvalue weighted by atomic mass is 10.2. The van der Waals surface area contributed by atoms with E-state index in [2.05, 4.69) is 5.10 Å². The number of carbonyl (C=O) groups excluding carboxylic acids is 1. The molecule has 1 amide bonds. The molecule has 100 valence electrons. The van der Waals surface area contributed by atoms with Gasteiger partial charge in [-0.3, -0.25) is 9.48 Å². The number of halogens is 1. The van der Waals surface area contributed by atoms with Crippen LogP contribution in [0.2, 0.25) is 0 Å².